The highest BCUT2D eigenvalue weighted by molar-refractivity contribution is 7.99. The van der Waals surface area contributed by atoms with Crippen molar-refractivity contribution in [2.75, 3.05) is 0 Å². The molecule has 0 aliphatic rings. The van der Waals surface area contributed by atoms with Crippen LogP contribution in [-0.2, 0) is 22.2 Å². The van der Waals surface area contributed by atoms with Gasteiger partial charge in [0.05, 0.1) is 9.79 Å². The second-order valence-electron chi connectivity index (χ2n) is 3.54. The van der Waals surface area contributed by atoms with Crippen molar-refractivity contribution in [2.24, 2.45) is 0 Å². The molecule has 0 saturated carbocycles. The van der Waals surface area contributed by atoms with E-state index in [4.69, 9.17) is 9.11 Å². The normalized spacial score (nSPS) is 14.0. The van der Waals surface area contributed by atoms with Crippen molar-refractivity contribution in [3.63, 3.8) is 0 Å². The summed E-state index contributed by atoms with van der Waals surface area (Å²) in [5.41, 5.74) is 0. The van der Waals surface area contributed by atoms with E-state index >= 15 is 0 Å². The van der Waals surface area contributed by atoms with E-state index in [9.17, 15) is 8.42 Å². The molecule has 0 spiro atoms. The number of hydrogen-bond acceptors (Lipinski definition) is 3. The molecule has 2 aromatic carbocycles. The number of benzene rings is 2. The molecule has 0 amide bonds. The molecule has 0 heterocycles. The maximum absolute atomic E-state index is 10.8. The first-order chi connectivity index (χ1) is 9.06. The minimum Gasteiger partial charge on any atom is -0.302 e. The smallest absolute Gasteiger partial charge is 0.186 e. The van der Waals surface area contributed by atoms with Crippen LogP contribution in [0.15, 0.2) is 68.1 Å². The molecule has 0 aliphatic carbocycles. The summed E-state index contributed by atoms with van der Waals surface area (Å²) < 4.78 is 39.4. The molecule has 19 heavy (non-hydrogen) atoms. The van der Waals surface area contributed by atoms with Gasteiger partial charge in [0.2, 0.25) is 0 Å². The van der Waals surface area contributed by atoms with Gasteiger partial charge in [-0.3, -0.25) is 0 Å². The van der Waals surface area contributed by atoms with Crippen molar-refractivity contribution in [1.82, 2.24) is 0 Å². The molecule has 4 nitrogen and oxygen atoms in total. The largest absolute Gasteiger partial charge is 0.302 e. The molecule has 2 unspecified atom stereocenters. The van der Waals surface area contributed by atoms with Gasteiger partial charge in [0.1, 0.15) is 0 Å². The highest BCUT2D eigenvalue weighted by Gasteiger charge is 2.03. The van der Waals surface area contributed by atoms with Crippen LogP contribution >= 0.6 is 11.8 Å². The lowest BCUT2D eigenvalue weighted by molar-refractivity contribution is 0.563. The molecule has 0 radical (unpaired) electrons. The molecule has 0 aliphatic heterocycles. The molecule has 0 fully saturated rings. The van der Waals surface area contributed by atoms with Crippen molar-refractivity contribution >= 4 is 33.9 Å². The van der Waals surface area contributed by atoms with Gasteiger partial charge >= 0.3 is 0 Å². The molecule has 2 rings (SSSR count). The molecule has 2 N–H and O–H groups in total. The van der Waals surface area contributed by atoms with E-state index in [0.29, 0.717) is 9.79 Å². The van der Waals surface area contributed by atoms with Crippen LogP contribution < -0.4 is 0 Å². The van der Waals surface area contributed by atoms with Gasteiger partial charge in [-0.2, -0.15) is 0 Å². The van der Waals surface area contributed by atoms with Crippen LogP contribution in [-0.4, -0.2) is 17.5 Å². The van der Waals surface area contributed by atoms with Crippen molar-refractivity contribution in [3.8, 4) is 0 Å². The molecular weight excluding hydrogens is 304 g/mol. The lowest BCUT2D eigenvalue weighted by Gasteiger charge is -2.03. The fraction of sp³-hybridized carbons (Fsp3) is 0. The molecule has 7 heteroatoms. The van der Waals surface area contributed by atoms with Crippen molar-refractivity contribution in [1.29, 1.82) is 0 Å². The van der Waals surface area contributed by atoms with E-state index in [2.05, 4.69) is 0 Å². The third kappa shape index (κ3) is 3.99. The molecule has 0 saturated heterocycles. The van der Waals surface area contributed by atoms with Gasteiger partial charge in [-0.05, 0) is 48.5 Å². The second-order valence-corrected chi connectivity index (χ2v) is 6.63. The van der Waals surface area contributed by atoms with Gasteiger partial charge in [-0.1, -0.05) is 11.8 Å². The van der Waals surface area contributed by atoms with Crippen LogP contribution in [0, 0.1) is 0 Å². The topological polar surface area (TPSA) is 74.6 Å². The fourth-order valence-corrected chi connectivity index (χ4v) is 2.94. The molecule has 2 aromatic rings. The average molecular weight is 314 g/mol. The number of hydrogen-bond donors (Lipinski definition) is 2. The molecule has 100 valence electrons. The first kappa shape index (κ1) is 14.4. The summed E-state index contributed by atoms with van der Waals surface area (Å²) >= 11 is -2.46. The summed E-state index contributed by atoms with van der Waals surface area (Å²) in [5.74, 6) is 0. The van der Waals surface area contributed by atoms with Gasteiger partial charge < -0.3 is 9.11 Å². The minimum absolute atomic E-state index is 0.357. The maximum Gasteiger partial charge on any atom is 0.186 e. The first-order valence-electron chi connectivity index (χ1n) is 5.16. The van der Waals surface area contributed by atoms with E-state index in [1.807, 2.05) is 0 Å². The van der Waals surface area contributed by atoms with Gasteiger partial charge in [0.15, 0.2) is 22.2 Å². The van der Waals surface area contributed by atoms with E-state index in [-0.39, 0.29) is 0 Å². The van der Waals surface area contributed by atoms with Crippen LogP contribution in [0.5, 0.6) is 0 Å². The van der Waals surface area contributed by atoms with E-state index in [0.717, 1.165) is 9.79 Å². The quantitative estimate of drug-likeness (QED) is 0.849. The Hall–Kier alpha value is -0.990. The Bertz CT molecular complexity index is 552. The van der Waals surface area contributed by atoms with Crippen molar-refractivity contribution < 1.29 is 17.5 Å². The predicted octanol–water partition coefficient (Wildman–Crippen LogP) is 3.00. The molecule has 0 aromatic heterocycles. The highest BCUT2D eigenvalue weighted by atomic mass is 32.2. The zero-order valence-corrected chi connectivity index (χ0v) is 12.0. The zero-order valence-electron chi connectivity index (χ0n) is 9.55. The monoisotopic (exact) mass is 314 g/mol. The van der Waals surface area contributed by atoms with E-state index < -0.39 is 22.2 Å². The Morgan fingerprint density at radius 3 is 1.26 bits per heavy atom. The Kier molecular flexibility index (Phi) is 4.89. The van der Waals surface area contributed by atoms with Gasteiger partial charge in [-0.25, -0.2) is 8.42 Å². The summed E-state index contributed by atoms with van der Waals surface area (Å²) in [5, 5.41) is 0. The summed E-state index contributed by atoms with van der Waals surface area (Å²) in [6.07, 6.45) is 0. The lowest BCUT2D eigenvalue weighted by Crippen LogP contribution is -1.88. The maximum atomic E-state index is 10.8. The lowest BCUT2D eigenvalue weighted by atomic mass is 10.4. The Morgan fingerprint density at radius 2 is 1.00 bits per heavy atom. The van der Waals surface area contributed by atoms with Gasteiger partial charge in [-0.15, -0.1) is 0 Å². The second kappa shape index (κ2) is 6.44. The number of rotatable bonds is 4. The third-order valence-corrected chi connectivity index (χ3v) is 4.65. The van der Waals surface area contributed by atoms with Crippen LogP contribution in [0.2, 0.25) is 0 Å². The van der Waals surface area contributed by atoms with Crippen LogP contribution in [0.1, 0.15) is 0 Å². The minimum atomic E-state index is -1.96. The summed E-state index contributed by atoms with van der Waals surface area (Å²) in [7, 11) is 0. The third-order valence-electron chi connectivity index (χ3n) is 2.29. The van der Waals surface area contributed by atoms with Crippen LogP contribution in [0.4, 0.5) is 0 Å². The van der Waals surface area contributed by atoms with Crippen molar-refractivity contribution in [3.05, 3.63) is 48.5 Å². The van der Waals surface area contributed by atoms with Crippen LogP contribution in [0.3, 0.4) is 0 Å². The molecule has 2 atom stereocenters. The summed E-state index contributed by atoms with van der Waals surface area (Å²) in [6, 6.07) is 13.4. The Balaban J connectivity index is 2.12. The van der Waals surface area contributed by atoms with E-state index in [1.54, 1.807) is 48.5 Å². The summed E-state index contributed by atoms with van der Waals surface area (Å²) in [4.78, 5) is 2.56. The standard InChI is InChI=1S/C12H10O4S3/c13-18(14)11-5-1-9(2-6-11)17-10-3-7-12(8-4-10)19(15)16/h1-8H,(H,13,14)(H,15,16). The SMILES string of the molecule is O=S(O)c1ccc(Sc2ccc(S(=O)O)cc2)cc1. The first-order valence-corrected chi connectivity index (χ1v) is 8.19. The van der Waals surface area contributed by atoms with E-state index in [1.165, 1.54) is 11.8 Å². The fourth-order valence-electron chi connectivity index (χ4n) is 1.38. The average Bonchev–Trinajstić information content (AvgIpc) is 2.40. The predicted molar refractivity (Wildman–Crippen MR) is 75.1 cm³/mol. The van der Waals surface area contributed by atoms with Gasteiger partial charge in [0, 0.05) is 9.79 Å². The Labute approximate surface area is 119 Å². The highest BCUT2D eigenvalue weighted by Crippen LogP contribution is 2.28. The summed E-state index contributed by atoms with van der Waals surface area (Å²) in [6.45, 7) is 0. The van der Waals surface area contributed by atoms with Gasteiger partial charge in [0.25, 0.3) is 0 Å². The van der Waals surface area contributed by atoms with Crippen molar-refractivity contribution in [2.45, 2.75) is 19.6 Å². The zero-order chi connectivity index (χ0) is 13.8. The molecular formula is C12H10O4S3. The Morgan fingerprint density at radius 1 is 0.684 bits per heavy atom. The van der Waals surface area contributed by atoms with Crippen LogP contribution in [0.25, 0.3) is 0 Å². The molecule has 0 bridgehead atoms.